The van der Waals surface area contributed by atoms with Gasteiger partial charge in [-0.2, -0.15) is 0 Å². The average molecular weight is 241 g/mol. The highest BCUT2D eigenvalue weighted by atomic mass is 19.2. The van der Waals surface area contributed by atoms with E-state index in [1.807, 2.05) is 0 Å². The van der Waals surface area contributed by atoms with E-state index in [2.05, 4.69) is 4.90 Å². The highest BCUT2D eigenvalue weighted by Gasteiger charge is 2.22. The maximum atomic E-state index is 13.2. The lowest BCUT2D eigenvalue weighted by Gasteiger charge is -2.33. The van der Waals surface area contributed by atoms with Crippen LogP contribution in [0.4, 0.5) is 8.78 Å². The number of halogens is 2. The second-order valence-electron chi connectivity index (χ2n) is 4.47. The van der Waals surface area contributed by atoms with Crippen LogP contribution in [0.1, 0.15) is 30.9 Å². The van der Waals surface area contributed by atoms with E-state index in [9.17, 15) is 13.9 Å². The molecule has 94 valence electrons. The van der Waals surface area contributed by atoms with E-state index in [1.54, 1.807) is 6.07 Å². The lowest BCUT2D eigenvalue weighted by atomic mass is 10.0. The van der Waals surface area contributed by atoms with E-state index in [4.69, 9.17) is 0 Å². The Kier molecular flexibility index (Phi) is 4.07. The minimum atomic E-state index is -0.849. The van der Waals surface area contributed by atoms with Crippen LogP contribution < -0.4 is 0 Å². The molecule has 2 rings (SSSR count). The second kappa shape index (κ2) is 5.56. The lowest BCUT2D eigenvalue weighted by molar-refractivity contribution is 0.104. The Bertz CT molecular complexity index is 378. The van der Waals surface area contributed by atoms with Gasteiger partial charge in [-0.05, 0) is 43.6 Å². The van der Waals surface area contributed by atoms with Crippen molar-refractivity contribution >= 4 is 0 Å². The zero-order valence-electron chi connectivity index (χ0n) is 9.70. The lowest BCUT2D eigenvalue weighted by Crippen LogP contribution is -2.35. The molecule has 0 aromatic heterocycles. The first-order valence-corrected chi connectivity index (χ1v) is 6.02. The summed E-state index contributed by atoms with van der Waals surface area (Å²) in [4.78, 5) is 2.14. The molecule has 17 heavy (non-hydrogen) atoms. The number of aliphatic hydroxyl groups is 1. The van der Waals surface area contributed by atoms with Crippen LogP contribution in [0.15, 0.2) is 18.2 Å². The minimum Gasteiger partial charge on any atom is -0.394 e. The SMILES string of the molecule is OCC(c1ccc(F)c(F)c1)N1CCCCC1. The number of nitrogens with zero attached hydrogens (tertiary/aromatic N) is 1. The summed E-state index contributed by atoms with van der Waals surface area (Å²) in [5.74, 6) is -1.69. The van der Waals surface area contributed by atoms with Gasteiger partial charge < -0.3 is 5.11 Å². The van der Waals surface area contributed by atoms with Crippen molar-refractivity contribution in [2.75, 3.05) is 19.7 Å². The zero-order chi connectivity index (χ0) is 12.3. The van der Waals surface area contributed by atoms with Crippen molar-refractivity contribution < 1.29 is 13.9 Å². The standard InChI is InChI=1S/C13H17F2NO/c14-11-5-4-10(8-12(11)15)13(9-17)16-6-2-1-3-7-16/h4-5,8,13,17H,1-3,6-7,9H2. The van der Waals surface area contributed by atoms with Crippen LogP contribution in [0.25, 0.3) is 0 Å². The number of rotatable bonds is 3. The molecule has 1 heterocycles. The smallest absolute Gasteiger partial charge is 0.159 e. The van der Waals surface area contributed by atoms with E-state index >= 15 is 0 Å². The van der Waals surface area contributed by atoms with Gasteiger partial charge in [0.15, 0.2) is 11.6 Å². The molecule has 0 bridgehead atoms. The first-order chi connectivity index (χ1) is 8.22. The van der Waals surface area contributed by atoms with Crippen molar-refractivity contribution in [2.45, 2.75) is 25.3 Å². The molecule has 2 nitrogen and oxygen atoms in total. The van der Waals surface area contributed by atoms with Crippen LogP contribution in [0.2, 0.25) is 0 Å². The second-order valence-corrected chi connectivity index (χ2v) is 4.47. The van der Waals surface area contributed by atoms with Gasteiger partial charge in [0, 0.05) is 0 Å². The molecule has 0 aliphatic carbocycles. The minimum absolute atomic E-state index is 0.0644. The third kappa shape index (κ3) is 2.82. The van der Waals surface area contributed by atoms with Gasteiger partial charge in [-0.1, -0.05) is 12.5 Å². The highest BCUT2D eigenvalue weighted by Crippen LogP contribution is 2.25. The Morgan fingerprint density at radius 1 is 1.12 bits per heavy atom. The van der Waals surface area contributed by atoms with E-state index in [0.717, 1.165) is 32.0 Å². The molecule has 0 spiro atoms. The van der Waals surface area contributed by atoms with E-state index < -0.39 is 11.6 Å². The first-order valence-electron chi connectivity index (χ1n) is 6.02. The van der Waals surface area contributed by atoms with Gasteiger partial charge in [-0.25, -0.2) is 8.78 Å². The third-order valence-electron chi connectivity index (χ3n) is 3.33. The Morgan fingerprint density at radius 2 is 1.82 bits per heavy atom. The van der Waals surface area contributed by atoms with Gasteiger partial charge >= 0.3 is 0 Å². The monoisotopic (exact) mass is 241 g/mol. The van der Waals surface area contributed by atoms with Gasteiger partial charge in [0.25, 0.3) is 0 Å². The predicted octanol–water partition coefficient (Wildman–Crippen LogP) is 2.48. The van der Waals surface area contributed by atoms with Gasteiger partial charge in [-0.3, -0.25) is 4.90 Å². The highest BCUT2D eigenvalue weighted by molar-refractivity contribution is 5.21. The predicted molar refractivity (Wildman–Crippen MR) is 61.6 cm³/mol. The Hall–Kier alpha value is -1.00. The van der Waals surface area contributed by atoms with E-state index in [1.165, 1.54) is 12.5 Å². The number of benzene rings is 1. The van der Waals surface area contributed by atoms with E-state index in [0.29, 0.717) is 5.56 Å². The van der Waals surface area contributed by atoms with Crippen LogP contribution in [-0.2, 0) is 0 Å². The Morgan fingerprint density at radius 3 is 2.41 bits per heavy atom. The molecule has 1 aliphatic rings. The summed E-state index contributed by atoms with van der Waals surface area (Å²) in [5.41, 5.74) is 0.647. The summed E-state index contributed by atoms with van der Waals surface area (Å²) < 4.78 is 26.0. The van der Waals surface area contributed by atoms with Crippen molar-refractivity contribution in [1.29, 1.82) is 0 Å². The molecule has 1 fully saturated rings. The van der Waals surface area contributed by atoms with Crippen LogP contribution in [-0.4, -0.2) is 29.7 Å². The van der Waals surface area contributed by atoms with Crippen LogP contribution in [0, 0.1) is 11.6 Å². The van der Waals surface area contributed by atoms with Crippen LogP contribution in [0.5, 0.6) is 0 Å². The molecule has 4 heteroatoms. The molecule has 1 atom stereocenters. The van der Waals surface area contributed by atoms with Crippen LogP contribution in [0.3, 0.4) is 0 Å². The number of likely N-dealkylation sites (tertiary alicyclic amines) is 1. The number of hydrogen-bond acceptors (Lipinski definition) is 2. The summed E-state index contributed by atoms with van der Waals surface area (Å²) >= 11 is 0. The fourth-order valence-corrected chi connectivity index (χ4v) is 2.38. The number of aliphatic hydroxyl groups excluding tert-OH is 1. The molecule has 1 aliphatic heterocycles. The molecule has 0 amide bonds. The van der Waals surface area contributed by atoms with E-state index in [-0.39, 0.29) is 12.6 Å². The molecule has 0 saturated carbocycles. The van der Waals surface area contributed by atoms with Gasteiger partial charge in [0.2, 0.25) is 0 Å². The number of piperidine rings is 1. The Balaban J connectivity index is 2.18. The van der Waals surface area contributed by atoms with Crippen molar-refractivity contribution in [3.63, 3.8) is 0 Å². The quantitative estimate of drug-likeness (QED) is 0.878. The normalized spacial score (nSPS) is 19.2. The molecule has 1 N–H and O–H groups in total. The summed E-state index contributed by atoms with van der Waals surface area (Å²) in [5, 5.41) is 9.43. The third-order valence-corrected chi connectivity index (χ3v) is 3.33. The topological polar surface area (TPSA) is 23.5 Å². The maximum absolute atomic E-state index is 13.2. The molecular weight excluding hydrogens is 224 g/mol. The Labute approximate surface area is 99.9 Å². The number of hydrogen-bond donors (Lipinski definition) is 1. The average Bonchev–Trinajstić information content (AvgIpc) is 2.36. The first kappa shape index (κ1) is 12.5. The molecule has 1 aromatic rings. The summed E-state index contributed by atoms with van der Waals surface area (Å²) in [6.45, 7) is 1.75. The summed E-state index contributed by atoms with van der Waals surface area (Å²) in [7, 11) is 0. The van der Waals surface area contributed by atoms with Gasteiger partial charge in [-0.15, -0.1) is 0 Å². The fraction of sp³-hybridized carbons (Fsp3) is 0.538. The fourth-order valence-electron chi connectivity index (χ4n) is 2.38. The van der Waals surface area contributed by atoms with Crippen molar-refractivity contribution in [1.82, 2.24) is 4.90 Å². The molecule has 1 aromatic carbocycles. The molecular formula is C13H17F2NO. The van der Waals surface area contributed by atoms with Crippen molar-refractivity contribution in [2.24, 2.45) is 0 Å². The molecule has 1 unspecified atom stereocenters. The zero-order valence-corrected chi connectivity index (χ0v) is 9.70. The van der Waals surface area contributed by atoms with Gasteiger partial charge in [0.1, 0.15) is 0 Å². The molecule has 1 saturated heterocycles. The van der Waals surface area contributed by atoms with Crippen molar-refractivity contribution in [3.8, 4) is 0 Å². The molecule has 0 radical (unpaired) electrons. The summed E-state index contributed by atoms with van der Waals surface area (Å²) in [6, 6.07) is 3.64. The summed E-state index contributed by atoms with van der Waals surface area (Å²) in [6.07, 6.45) is 3.40. The maximum Gasteiger partial charge on any atom is 0.159 e. The van der Waals surface area contributed by atoms with Crippen LogP contribution >= 0.6 is 0 Å². The van der Waals surface area contributed by atoms with Gasteiger partial charge in [0.05, 0.1) is 12.6 Å². The van der Waals surface area contributed by atoms with Crippen molar-refractivity contribution in [3.05, 3.63) is 35.4 Å². The largest absolute Gasteiger partial charge is 0.394 e.